The Labute approximate surface area is 99.0 Å². The average Bonchev–Trinajstić information content (AvgIpc) is 2.30. The largest absolute Gasteiger partial charge is 0.479 e. The Hall–Kier alpha value is -1.46. The van der Waals surface area contributed by atoms with E-state index in [1.54, 1.807) is 25.1 Å². The summed E-state index contributed by atoms with van der Waals surface area (Å²) in [5.74, 6) is -1.45. The van der Waals surface area contributed by atoms with E-state index >= 15 is 0 Å². The zero-order valence-corrected chi connectivity index (χ0v) is 9.56. The Morgan fingerprint density at radius 3 is 2.76 bits per heavy atom. The van der Waals surface area contributed by atoms with Crippen LogP contribution in [0.15, 0.2) is 24.3 Å². The Balaban J connectivity index is 2.41. The molecule has 1 N–H and O–H groups in total. The lowest BCUT2D eigenvalue weighted by atomic mass is 10.2. The van der Waals surface area contributed by atoms with Crippen LogP contribution >= 0.6 is 0 Å². The number of ether oxygens (including phenoxy) is 2. The smallest absolute Gasteiger partial charge is 0.335 e. The van der Waals surface area contributed by atoms with E-state index in [1.165, 1.54) is 6.07 Å². The highest BCUT2D eigenvalue weighted by molar-refractivity contribution is 5.72. The molecule has 1 aromatic carbocycles. The molecule has 0 aliphatic carbocycles. The molecular formula is C12H15FO4. The number of carboxylic acids is 1. The van der Waals surface area contributed by atoms with E-state index < -0.39 is 12.1 Å². The van der Waals surface area contributed by atoms with Gasteiger partial charge < -0.3 is 14.6 Å². The van der Waals surface area contributed by atoms with Crippen LogP contribution in [-0.4, -0.2) is 30.4 Å². The number of carboxylic acid groups (broad SMARTS) is 1. The maximum Gasteiger partial charge on any atom is 0.335 e. The van der Waals surface area contributed by atoms with Gasteiger partial charge in [-0.1, -0.05) is 18.2 Å². The molecule has 0 heterocycles. The minimum Gasteiger partial charge on any atom is -0.479 e. The van der Waals surface area contributed by atoms with Crippen molar-refractivity contribution >= 4 is 5.97 Å². The van der Waals surface area contributed by atoms with Crippen LogP contribution in [-0.2, 0) is 20.9 Å². The van der Waals surface area contributed by atoms with E-state index in [4.69, 9.17) is 14.6 Å². The number of hydrogen-bond acceptors (Lipinski definition) is 3. The quantitative estimate of drug-likeness (QED) is 0.792. The lowest BCUT2D eigenvalue weighted by Crippen LogP contribution is -2.29. The molecule has 0 aliphatic rings. The number of hydrogen-bond donors (Lipinski definition) is 1. The van der Waals surface area contributed by atoms with Gasteiger partial charge in [0, 0.05) is 12.2 Å². The number of aliphatic carboxylic acids is 1. The van der Waals surface area contributed by atoms with Gasteiger partial charge in [0.1, 0.15) is 5.82 Å². The summed E-state index contributed by atoms with van der Waals surface area (Å²) in [6.45, 7) is 1.92. The third-order valence-corrected chi connectivity index (χ3v) is 2.13. The molecule has 1 unspecified atom stereocenters. The predicted molar refractivity (Wildman–Crippen MR) is 59.1 cm³/mol. The highest BCUT2D eigenvalue weighted by Gasteiger charge is 2.17. The molecule has 94 valence electrons. The van der Waals surface area contributed by atoms with Crippen molar-refractivity contribution in [3.63, 3.8) is 0 Å². The molecule has 0 aliphatic heterocycles. The second-order valence-electron chi connectivity index (χ2n) is 3.39. The molecule has 1 rings (SSSR count). The van der Waals surface area contributed by atoms with Gasteiger partial charge in [0.15, 0.2) is 6.10 Å². The number of halogens is 1. The van der Waals surface area contributed by atoms with Crippen LogP contribution < -0.4 is 0 Å². The van der Waals surface area contributed by atoms with Crippen molar-refractivity contribution in [1.29, 1.82) is 0 Å². The molecule has 5 heteroatoms. The van der Waals surface area contributed by atoms with Crippen molar-refractivity contribution in [3.05, 3.63) is 35.6 Å². The first-order chi connectivity index (χ1) is 8.15. The molecule has 0 saturated carbocycles. The zero-order chi connectivity index (χ0) is 12.7. The van der Waals surface area contributed by atoms with Gasteiger partial charge >= 0.3 is 5.97 Å². The maximum atomic E-state index is 13.2. The van der Waals surface area contributed by atoms with Gasteiger partial charge in [0.2, 0.25) is 0 Å². The molecule has 1 aromatic rings. The molecule has 0 saturated heterocycles. The Morgan fingerprint density at radius 2 is 2.18 bits per heavy atom. The van der Waals surface area contributed by atoms with Crippen LogP contribution in [0.4, 0.5) is 4.39 Å². The summed E-state index contributed by atoms with van der Waals surface area (Å²) in [5.41, 5.74) is 0.396. The summed E-state index contributed by atoms with van der Waals surface area (Å²) in [6, 6.07) is 6.19. The van der Waals surface area contributed by atoms with E-state index in [0.717, 1.165) is 0 Å². The summed E-state index contributed by atoms with van der Waals surface area (Å²) in [4.78, 5) is 10.7. The molecule has 17 heavy (non-hydrogen) atoms. The van der Waals surface area contributed by atoms with Gasteiger partial charge in [-0.2, -0.15) is 0 Å². The summed E-state index contributed by atoms with van der Waals surface area (Å²) >= 11 is 0. The van der Waals surface area contributed by atoms with Gasteiger partial charge in [0.05, 0.1) is 13.2 Å². The highest BCUT2D eigenvalue weighted by atomic mass is 19.1. The normalized spacial score (nSPS) is 12.4. The minimum atomic E-state index is -1.08. The SMILES string of the molecule is CCOC(COCc1ccccc1F)C(=O)O. The second-order valence-corrected chi connectivity index (χ2v) is 3.39. The van der Waals surface area contributed by atoms with Crippen molar-refractivity contribution in [2.45, 2.75) is 19.6 Å². The molecular weight excluding hydrogens is 227 g/mol. The zero-order valence-electron chi connectivity index (χ0n) is 9.56. The summed E-state index contributed by atoms with van der Waals surface area (Å²) in [7, 11) is 0. The topological polar surface area (TPSA) is 55.8 Å². The molecule has 0 amide bonds. The Bertz CT molecular complexity index is 367. The van der Waals surface area contributed by atoms with Gasteiger partial charge in [-0.15, -0.1) is 0 Å². The third-order valence-electron chi connectivity index (χ3n) is 2.13. The Morgan fingerprint density at radius 1 is 1.47 bits per heavy atom. The van der Waals surface area contributed by atoms with Gasteiger partial charge in [-0.25, -0.2) is 9.18 Å². The molecule has 0 fully saturated rings. The van der Waals surface area contributed by atoms with Crippen LogP contribution in [0.1, 0.15) is 12.5 Å². The average molecular weight is 242 g/mol. The van der Waals surface area contributed by atoms with Gasteiger partial charge in [-0.3, -0.25) is 0 Å². The van der Waals surface area contributed by atoms with Gasteiger partial charge in [0.25, 0.3) is 0 Å². The molecule has 0 aromatic heterocycles. The number of benzene rings is 1. The van der Waals surface area contributed by atoms with Crippen LogP contribution in [0.5, 0.6) is 0 Å². The van der Waals surface area contributed by atoms with Crippen molar-refractivity contribution in [3.8, 4) is 0 Å². The van der Waals surface area contributed by atoms with Crippen molar-refractivity contribution in [2.24, 2.45) is 0 Å². The fourth-order valence-electron chi connectivity index (χ4n) is 1.28. The number of carbonyl (C=O) groups is 1. The van der Waals surface area contributed by atoms with E-state index in [9.17, 15) is 9.18 Å². The fourth-order valence-corrected chi connectivity index (χ4v) is 1.28. The van der Waals surface area contributed by atoms with E-state index in [2.05, 4.69) is 0 Å². The van der Waals surface area contributed by atoms with E-state index in [-0.39, 0.29) is 19.0 Å². The molecule has 0 bridgehead atoms. The molecule has 0 spiro atoms. The first-order valence-electron chi connectivity index (χ1n) is 5.30. The summed E-state index contributed by atoms with van der Waals surface area (Å²) in [5, 5.41) is 8.78. The van der Waals surface area contributed by atoms with Crippen LogP contribution in [0, 0.1) is 5.82 Å². The van der Waals surface area contributed by atoms with Gasteiger partial charge in [-0.05, 0) is 13.0 Å². The lowest BCUT2D eigenvalue weighted by molar-refractivity contribution is -0.154. The predicted octanol–water partition coefficient (Wildman–Crippen LogP) is 1.83. The van der Waals surface area contributed by atoms with E-state index in [1.807, 2.05) is 0 Å². The van der Waals surface area contributed by atoms with E-state index in [0.29, 0.717) is 12.2 Å². The van der Waals surface area contributed by atoms with Crippen molar-refractivity contribution < 1.29 is 23.8 Å². The first-order valence-corrected chi connectivity index (χ1v) is 5.30. The third kappa shape index (κ3) is 4.50. The minimum absolute atomic E-state index is 0.0313. The standard InChI is InChI=1S/C12H15FO4/c1-2-17-11(12(14)15)8-16-7-9-5-3-4-6-10(9)13/h3-6,11H,2,7-8H2,1H3,(H,14,15). The number of rotatable bonds is 7. The monoisotopic (exact) mass is 242 g/mol. The molecule has 4 nitrogen and oxygen atoms in total. The van der Waals surface area contributed by atoms with Crippen molar-refractivity contribution in [1.82, 2.24) is 0 Å². The first kappa shape index (κ1) is 13.6. The second kappa shape index (κ2) is 6.98. The van der Waals surface area contributed by atoms with Crippen LogP contribution in [0.25, 0.3) is 0 Å². The lowest BCUT2D eigenvalue weighted by Gasteiger charge is -2.12. The highest BCUT2D eigenvalue weighted by Crippen LogP contribution is 2.08. The molecule has 1 atom stereocenters. The summed E-state index contributed by atoms with van der Waals surface area (Å²) < 4.78 is 23.3. The Kier molecular flexibility index (Phi) is 5.59. The van der Waals surface area contributed by atoms with Crippen LogP contribution in [0.2, 0.25) is 0 Å². The summed E-state index contributed by atoms with van der Waals surface area (Å²) in [6.07, 6.45) is -1.01. The molecule has 0 radical (unpaired) electrons. The van der Waals surface area contributed by atoms with Crippen LogP contribution in [0.3, 0.4) is 0 Å². The maximum absolute atomic E-state index is 13.2. The fraction of sp³-hybridized carbons (Fsp3) is 0.417. The van der Waals surface area contributed by atoms with Crippen molar-refractivity contribution in [2.75, 3.05) is 13.2 Å².